The summed E-state index contributed by atoms with van der Waals surface area (Å²) in [6.45, 7) is 4.92. The molecule has 1 rings (SSSR count). The van der Waals surface area contributed by atoms with Crippen molar-refractivity contribution >= 4 is 5.91 Å². The quantitative estimate of drug-likeness (QED) is 0.720. The summed E-state index contributed by atoms with van der Waals surface area (Å²) in [5.74, 6) is 0.156. The molecule has 0 unspecified atom stereocenters. The summed E-state index contributed by atoms with van der Waals surface area (Å²) in [6, 6.07) is 4.72. The second-order valence-corrected chi connectivity index (χ2v) is 5.44. The Morgan fingerprint density at radius 1 is 1.21 bits per heavy atom. The molecule has 2 N–H and O–H groups in total. The maximum atomic E-state index is 12.3. The summed E-state index contributed by atoms with van der Waals surface area (Å²) in [4.78, 5) is 11.5. The van der Waals surface area contributed by atoms with E-state index in [0.717, 1.165) is 5.56 Å². The van der Waals surface area contributed by atoms with Crippen LogP contribution in [0.3, 0.4) is 0 Å². The molecule has 0 aliphatic heterocycles. The number of carbonyl (C=O) groups excluding carboxylic acids is 1. The molecule has 24 heavy (non-hydrogen) atoms. The second-order valence-electron chi connectivity index (χ2n) is 5.44. The number of carbonyl (C=O) groups is 1. The molecule has 0 radical (unpaired) electrons. The fourth-order valence-electron chi connectivity index (χ4n) is 1.90. The zero-order valence-corrected chi connectivity index (χ0v) is 14.0. The van der Waals surface area contributed by atoms with Gasteiger partial charge in [0.2, 0.25) is 5.91 Å². The average Bonchev–Trinajstić information content (AvgIpc) is 2.45. The molecular weight excluding hydrogens is 325 g/mol. The molecular formula is C16H23F3N2O3. The molecule has 0 atom stereocenters. The van der Waals surface area contributed by atoms with Crippen LogP contribution in [0.4, 0.5) is 13.2 Å². The zero-order chi connectivity index (χ0) is 18.2. The van der Waals surface area contributed by atoms with E-state index in [9.17, 15) is 18.0 Å². The zero-order valence-electron chi connectivity index (χ0n) is 14.0. The highest BCUT2D eigenvalue weighted by atomic mass is 19.4. The van der Waals surface area contributed by atoms with Gasteiger partial charge in [0.1, 0.15) is 0 Å². The normalized spacial score (nSPS) is 11.5. The minimum atomic E-state index is -4.41. The molecule has 0 saturated heterocycles. The lowest BCUT2D eigenvalue weighted by Crippen LogP contribution is -2.37. The number of rotatable bonds is 9. The molecule has 0 saturated carbocycles. The third-order valence-corrected chi connectivity index (χ3v) is 2.76. The molecule has 1 amide bonds. The van der Waals surface area contributed by atoms with Gasteiger partial charge in [0, 0.05) is 12.6 Å². The summed E-state index contributed by atoms with van der Waals surface area (Å²) in [5.41, 5.74) is 0.773. The van der Waals surface area contributed by atoms with Crippen LogP contribution in [-0.2, 0) is 11.3 Å². The Balaban J connectivity index is 2.63. The van der Waals surface area contributed by atoms with E-state index in [1.54, 1.807) is 19.1 Å². The Morgan fingerprint density at radius 3 is 2.50 bits per heavy atom. The predicted octanol–water partition coefficient (Wildman–Crippen LogP) is 2.64. The Morgan fingerprint density at radius 2 is 1.92 bits per heavy atom. The van der Waals surface area contributed by atoms with Gasteiger partial charge in [0.05, 0.1) is 13.2 Å². The van der Waals surface area contributed by atoms with Gasteiger partial charge in [0.25, 0.3) is 0 Å². The van der Waals surface area contributed by atoms with Gasteiger partial charge in [-0.05, 0) is 38.5 Å². The summed E-state index contributed by atoms with van der Waals surface area (Å²) < 4.78 is 46.9. The van der Waals surface area contributed by atoms with Crippen LogP contribution in [0.5, 0.6) is 11.5 Å². The van der Waals surface area contributed by atoms with Crippen molar-refractivity contribution in [2.45, 2.75) is 39.5 Å². The van der Waals surface area contributed by atoms with Crippen LogP contribution >= 0.6 is 0 Å². The predicted molar refractivity (Wildman–Crippen MR) is 84.1 cm³/mol. The Hall–Kier alpha value is -1.96. The average molecular weight is 348 g/mol. The third-order valence-electron chi connectivity index (χ3n) is 2.76. The summed E-state index contributed by atoms with van der Waals surface area (Å²) in [6.07, 6.45) is -4.41. The highest BCUT2D eigenvalue weighted by molar-refractivity contribution is 5.78. The molecule has 0 aliphatic carbocycles. The largest absolute Gasteiger partial charge is 0.490 e. The smallest absolute Gasteiger partial charge is 0.422 e. The van der Waals surface area contributed by atoms with Gasteiger partial charge in [0.15, 0.2) is 18.1 Å². The van der Waals surface area contributed by atoms with Gasteiger partial charge in [-0.2, -0.15) is 13.2 Å². The summed E-state index contributed by atoms with van der Waals surface area (Å²) >= 11 is 0. The van der Waals surface area contributed by atoms with Crippen molar-refractivity contribution in [1.82, 2.24) is 10.6 Å². The van der Waals surface area contributed by atoms with Crippen LogP contribution < -0.4 is 20.1 Å². The number of halogens is 3. The van der Waals surface area contributed by atoms with Crippen molar-refractivity contribution in [3.05, 3.63) is 23.8 Å². The van der Waals surface area contributed by atoms with Crippen LogP contribution in [-0.4, -0.2) is 37.9 Å². The van der Waals surface area contributed by atoms with E-state index in [1.165, 1.54) is 6.07 Å². The molecule has 5 nitrogen and oxygen atoms in total. The number of hydrogen-bond acceptors (Lipinski definition) is 4. The van der Waals surface area contributed by atoms with E-state index < -0.39 is 12.8 Å². The van der Waals surface area contributed by atoms with E-state index in [4.69, 9.17) is 9.47 Å². The van der Waals surface area contributed by atoms with E-state index in [0.29, 0.717) is 13.2 Å². The first-order chi connectivity index (χ1) is 11.2. The maximum Gasteiger partial charge on any atom is 0.422 e. The van der Waals surface area contributed by atoms with Gasteiger partial charge >= 0.3 is 6.18 Å². The fraction of sp³-hybridized carbons (Fsp3) is 0.562. The van der Waals surface area contributed by atoms with Gasteiger partial charge in [-0.15, -0.1) is 0 Å². The lowest BCUT2D eigenvalue weighted by molar-refractivity contribution is -0.153. The van der Waals surface area contributed by atoms with E-state index in [2.05, 4.69) is 10.6 Å². The number of hydrogen-bond donors (Lipinski definition) is 2. The molecule has 0 aliphatic rings. The molecule has 0 spiro atoms. The molecule has 8 heteroatoms. The molecule has 0 heterocycles. The van der Waals surface area contributed by atoms with Crippen molar-refractivity contribution in [1.29, 1.82) is 0 Å². The lowest BCUT2D eigenvalue weighted by atomic mass is 10.2. The summed E-state index contributed by atoms with van der Waals surface area (Å²) in [5, 5.41) is 5.71. The van der Waals surface area contributed by atoms with Crippen molar-refractivity contribution in [2.75, 3.05) is 19.8 Å². The molecule has 0 fully saturated rings. The SMILES string of the molecule is CCOc1cc(CNCC(=O)NC(C)C)ccc1OCC(F)(F)F. The Bertz CT molecular complexity index is 534. The first kappa shape index (κ1) is 20.1. The minimum absolute atomic E-state index is 0.0375. The van der Waals surface area contributed by atoms with Crippen LogP contribution in [0.25, 0.3) is 0 Å². The lowest BCUT2D eigenvalue weighted by Gasteiger charge is -2.15. The van der Waals surface area contributed by atoms with Crippen LogP contribution in [0.1, 0.15) is 26.3 Å². The van der Waals surface area contributed by atoms with Gasteiger partial charge in [-0.1, -0.05) is 6.07 Å². The molecule has 1 aromatic rings. The number of ether oxygens (including phenoxy) is 2. The third kappa shape index (κ3) is 8.05. The highest BCUT2D eigenvalue weighted by Crippen LogP contribution is 2.30. The van der Waals surface area contributed by atoms with E-state index in [1.807, 2.05) is 13.8 Å². The number of alkyl halides is 3. The Kier molecular flexibility index (Phi) is 7.84. The van der Waals surface area contributed by atoms with Gasteiger partial charge < -0.3 is 20.1 Å². The topological polar surface area (TPSA) is 59.6 Å². The minimum Gasteiger partial charge on any atom is -0.490 e. The fourth-order valence-corrected chi connectivity index (χ4v) is 1.90. The standard InChI is InChI=1S/C16H23F3N2O3/c1-4-23-14-7-12(8-20-9-15(22)21-11(2)3)5-6-13(14)24-10-16(17,18)19/h5-7,11,20H,4,8-10H2,1-3H3,(H,21,22). The number of nitrogens with one attached hydrogen (secondary N) is 2. The molecule has 0 bridgehead atoms. The van der Waals surface area contributed by atoms with Crippen LogP contribution in [0.2, 0.25) is 0 Å². The molecule has 1 aromatic carbocycles. The monoisotopic (exact) mass is 348 g/mol. The number of amides is 1. The molecule has 0 aromatic heterocycles. The van der Waals surface area contributed by atoms with Gasteiger partial charge in [-0.3, -0.25) is 4.79 Å². The first-order valence-corrected chi connectivity index (χ1v) is 7.66. The van der Waals surface area contributed by atoms with Crippen LogP contribution in [0.15, 0.2) is 18.2 Å². The van der Waals surface area contributed by atoms with Crippen molar-refractivity contribution in [3.63, 3.8) is 0 Å². The number of benzene rings is 1. The van der Waals surface area contributed by atoms with Crippen molar-refractivity contribution in [2.24, 2.45) is 0 Å². The maximum absolute atomic E-state index is 12.3. The highest BCUT2D eigenvalue weighted by Gasteiger charge is 2.29. The van der Waals surface area contributed by atoms with Crippen molar-refractivity contribution < 1.29 is 27.4 Å². The first-order valence-electron chi connectivity index (χ1n) is 7.66. The van der Waals surface area contributed by atoms with E-state index in [-0.39, 0.29) is 30.0 Å². The molecule has 136 valence electrons. The Labute approximate surface area is 139 Å². The van der Waals surface area contributed by atoms with Crippen LogP contribution in [0, 0.1) is 0 Å². The van der Waals surface area contributed by atoms with E-state index >= 15 is 0 Å². The second kappa shape index (κ2) is 9.36. The summed E-state index contributed by atoms with van der Waals surface area (Å²) in [7, 11) is 0. The van der Waals surface area contributed by atoms with Crippen molar-refractivity contribution in [3.8, 4) is 11.5 Å². The van der Waals surface area contributed by atoms with Gasteiger partial charge in [-0.25, -0.2) is 0 Å².